The molecule has 0 aliphatic rings. The summed E-state index contributed by atoms with van der Waals surface area (Å²) >= 11 is 3.23. The lowest BCUT2D eigenvalue weighted by atomic mass is 10.2. The van der Waals surface area contributed by atoms with Crippen molar-refractivity contribution >= 4 is 21.7 Å². The van der Waals surface area contributed by atoms with Gasteiger partial charge in [0, 0.05) is 17.8 Å². The molecule has 0 spiro atoms. The molecular weight excluding hydrogens is 222 g/mol. The molecule has 0 saturated carbocycles. The van der Waals surface area contributed by atoms with Gasteiger partial charge in [-0.3, -0.25) is 9.78 Å². The van der Waals surface area contributed by atoms with E-state index in [1.54, 1.807) is 18.3 Å². The average molecular weight is 230 g/mol. The summed E-state index contributed by atoms with van der Waals surface area (Å²) < 4.78 is 5.40. The fourth-order valence-corrected chi connectivity index (χ4v) is 1.27. The quantitative estimate of drug-likeness (QED) is 0.741. The molecule has 4 heteroatoms. The minimum absolute atomic E-state index is 0.0651. The van der Waals surface area contributed by atoms with Gasteiger partial charge in [0.15, 0.2) is 0 Å². The van der Waals surface area contributed by atoms with E-state index in [2.05, 4.69) is 20.9 Å². The molecule has 1 heterocycles. The van der Waals surface area contributed by atoms with Crippen LogP contribution in [0, 0.1) is 0 Å². The van der Waals surface area contributed by atoms with Gasteiger partial charge in [-0.2, -0.15) is 0 Å². The molecule has 0 radical (unpaired) electrons. The van der Waals surface area contributed by atoms with Crippen molar-refractivity contribution < 1.29 is 9.53 Å². The smallest absolute Gasteiger partial charge is 0.207 e. The fourth-order valence-electron chi connectivity index (χ4n) is 0.790. The number of carbonyl (C=O) groups excluding carboxylic acids is 1. The molecule has 0 aliphatic carbocycles. The molecule has 1 rings (SSSR count). The van der Waals surface area contributed by atoms with Gasteiger partial charge >= 0.3 is 0 Å². The predicted octanol–water partition coefficient (Wildman–Crippen LogP) is 1.67. The summed E-state index contributed by atoms with van der Waals surface area (Å²) in [5, 5.41) is 0. The Hall–Kier alpha value is -0.740. The van der Waals surface area contributed by atoms with Gasteiger partial charge < -0.3 is 4.74 Å². The van der Waals surface area contributed by atoms with E-state index in [-0.39, 0.29) is 12.4 Å². The van der Waals surface area contributed by atoms with E-state index in [1.807, 2.05) is 0 Å². The van der Waals surface area contributed by atoms with Gasteiger partial charge in [0.25, 0.3) is 0 Å². The molecule has 0 unspecified atom stereocenters. The van der Waals surface area contributed by atoms with Crippen molar-refractivity contribution in [2.24, 2.45) is 0 Å². The molecule has 1 aromatic rings. The number of aromatic nitrogens is 1. The zero-order valence-corrected chi connectivity index (χ0v) is 8.17. The maximum Gasteiger partial charge on any atom is 0.207 e. The molecule has 0 saturated heterocycles. The lowest BCUT2D eigenvalue weighted by Crippen LogP contribution is -2.09. The molecule has 0 N–H and O–H groups in total. The first-order valence-corrected chi connectivity index (χ1v) is 4.17. The van der Waals surface area contributed by atoms with E-state index in [0.29, 0.717) is 10.2 Å². The van der Waals surface area contributed by atoms with Crippen molar-refractivity contribution in [3.8, 4) is 0 Å². The minimum atomic E-state index is -0.120. The molecule has 0 aliphatic heterocycles. The maximum atomic E-state index is 11.2. The highest BCUT2D eigenvalue weighted by molar-refractivity contribution is 9.10. The van der Waals surface area contributed by atoms with E-state index in [4.69, 9.17) is 4.74 Å². The topological polar surface area (TPSA) is 39.2 Å². The Kier molecular flexibility index (Phi) is 3.37. The molecule has 3 nitrogen and oxygen atoms in total. The first kappa shape index (κ1) is 9.35. The van der Waals surface area contributed by atoms with Crippen molar-refractivity contribution in [3.63, 3.8) is 0 Å². The number of pyridine rings is 1. The number of Topliss-reactive ketones (excluding diaryl/α,β-unsaturated/α-hetero) is 1. The second-order valence-electron chi connectivity index (χ2n) is 2.19. The summed E-state index contributed by atoms with van der Waals surface area (Å²) in [6.45, 7) is 0.0651. The van der Waals surface area contributed by atoms with E-state index in [0.717, 1.165) is 0 Å². The molecule has 12 heavy (non-hydrogen) atoms. The number of ether oxygens (including phenoxy) is 1. The highest BCUT2D eigenvalue weighted by Gasteiger charge is 2.09. The molecule has 0 amide bonds. The Morgan fingerprint density at radius 2 is 2.50 bits per heavy atom. The zero-order chi connectivity index (χ0) is 8.97. The van der Waals surface area contributed by atoms with Crippen LogP contribution in [0.5, 0.6) is 0 Å². The third-order valence-electron chi connectivity index (χ3n) is 1.30. The summed E-state index contributed by atoms with van der Waals surface area (Å²) in [6, 6.07) is 3.53. The first-order chi connectivity index (χ1) is 5.75. The zero-order valence-electron chi connectivity index (χ0n) is 6.58. The third-order valence-corrected chi connectivity index (χ3v) is 1.94. The van der Waals surface area contributed by atoms with Crippen molar-refractivity contribution in [1.82, 2.24) is 4.98 Å². The first-order valence-electron chi connectivity index (χ1n) is 3.38. The molecule has 0 fully saturated rings. The summed E-state index contributed by atoms with van der Waals surface area (Å²) in [7, 11) is 1.48. The minimum Gasteiger partial charge on any atom is -0.376 e. The molecule has 64 valence electrons. The highest BCUT2D eigenvalue weighted by Crippen LogP contribution is 2.13. The van der Waals surface area contributed by atoms with Gasteiger partial charge in [0.1, 0.15) is 12.3 Å². The van der Waals surface area contributed by atoms with Crippen LogP contribution in [0.25, 0.3) is 0 Å². The van der Waals surface area contributed by atoms with Crippen LogP contribution in [0.2, 0.25) is 0 Å². The lowest BCUT2D eigenvalue weighted by Gasteiger charge is -1.99. The van der Waals surface area contributed by atoms with Crippen LogP contribution in [-0.2, 0) is 4.74 Å². The number of methoxy groups -OCH3 is 1. The van der Waals surface area contributed by atoms with E-state index < -0.39 is 0 Å². The SMILES string of the molecule is COCC(=O)c1ncccc1Br. The number of rotatable bonds is 3. The van der Waals surface area contributed by atoms with Crippen LogP contribution >= 0.6 is 15.9 Å². The van der Waals surface area contributed by atoms with Crippen LogP contribution in [0.15, 0.2) is 22.8 Å². The molecular formula is C8H8BrNO2. The largest absolute Gasteiger partial charge is 0.376 e. The van der Waals surface area contributed by atoms with Gasteiger partial charge in [-0.15, -0.1) is 0 Å². The Bertz CT molecular complexity index is 288. The Labute approximate surface area is 78.9 Å². The van der Waals surface area contributed by atoms with Gasteiger partial charge in [-0.05, 0) is 28.1 Å². The monoisotopic (exact) mass is 229 g/mol. The van der Waals surface area contributed by atoms with Crippen molar-refractivity contribution in [2.45, 2.75) is 0 Å². The van der Waals surface area contributed by atoms with Crippen LogP contribution in [0.3, 0.4) is 0 Å². The number of nitrogens with zero attached hydrogens (tertiary/aromatic N) is 1. The van der Waals surface area contributed by atoms with Gasteiger partial charge in [0.2, 0.25) is 5.78 Å². The number of halogens is 1. The second-order valence-corrected chi connectivity index (χ2v) is 3.04. The highest BCUT2D eigenvalue weighted by atomic mass is 79.9. The summed E-state index contributed by atoms with van der Waals surface area (Å²) in [5.41, 5.74) is 0.416. The number of hydrogen-bond donors (Lipinski definition) is 0. The second kappa shape index (κ2) is 4.33. The molecule has 1 aromatic heterocycles. The summed E-state index contributed by atoms with van der Waals surface area (Å²) in [5.74, 6) is -0.120. The number of hydrogen-bond acceptors (Lipinski definition) is 3. The Morgan fingerprint density at radius 3 is 3.08 bits per heavy atom. The Morgan fingerprint density at radius 1 is 1.75 bits per heavy atom. The van der Waals surface area contributed by atoms with Gasteiger partial charge in [-0.1, -0.05) is 0 Å². The van der Waals surface area contributed by atoms with Crippen LogP contribution < -0.4 is 0 Å². The summed E-state index contributed by atoms with van der Waals surface area (Å²) in [4.78, 5) is 15.2. The Balaban J connectivity index is 2.87. The number of carbonyl (C=O) groups is 1. The van der Waals surface area contributed by atoms with E-state index >= 15 is 0 Å². The van der Waals surface area contributed by atoms with Gasteiger partial charge in [0.05, 0.1) is 0 Å². The normalized spacial score (nSPS) is 9.83. The molecule has 0 atom stereocenters. The van der Waals surface area contributed by atoms with Crippen molar-refractivity contribution in [1.29, 1.82) is 0 Å². The third kappa shape index (κ3) is 2.12. The van der Waals surface area contributed by atoms with Crippen LogP contribution in [0.1, 0.15) is 10.5 Å². The predicted molar refractivity (Wildman–Crippen MR) is 48.1 cm³/mol. The van der Waals surface area contributed by atoms with E-state index in [1.165, 1.54) is 7.11 Å². The number of ketones is 1. The van der Waals surface area contributed by atoms with Gasteiger partial charge in [-0.25, -0.2) is 0 Å². The molecule has 0 aromatic carbocycles. The fraction of sp³-hybridized carbons (Fsp3) is 0.250. The van der Waals surface area contributed by atoms with Crippen molar-refractivity contribution in [2.75, 3.05) is 13.7 Å². The standard InChI is InChI=1S/C8H8BrNO2/c1-12-5-7(11)8-6(9)3-2-4-10-8/h2-4H,5H2,1H3. The van der Waals surface area contributed by atoms with Crippen molar-refractivity contribution in [3.05, 3.63) is 28.5 Å². The van der Waals surface area contributed by atoms with Crippen LogP contribution in [-0.4, -0.2) is 24.5 Å². The average Bonchev–Trinajstić information content (AvgIpc) is 2.05. The summed E-state index contributed by atoms with van der Waals surface area (Å²) in [6.07, 6.45) is 1.58. The maximum absolute atomic E-state index is 11.2. The van der Waals surface area contributed by atoms with E-state index in [9.17, 15) is 4.79 Å². The lowest BCUT2D eigenvalue weighted by molar-refractivity contribution is 0.0842. The molecule has 0 bridgehead atoms. The van der Waals surface area contributed by atoms with Crippen LogP contribution in [0.4, 0.5) is 0 Å².